The van der Waals surface area contributed by atoms with Crippen LogP contribution in [0, 0.1) is 23.0 Å². The molecular formula is C23H30N4O5S. The van der Waals surface area contributed by atoms with E-state index in [1.807, 2.05) is 24.3 Å². The number of piperidine rings is 1. The molecular weight excluding hydrogens is 444 g/mol. The van der Waals surface area contributed by atoms with E-state index < -0.39 is 27.4 Å². The Hall–Kier alpha value is -3.14. The number of anilines is 2. The maximum atomic E-state index is 12.6. The predicted octanol–water partition coefficient (Wildman–Crippen LogP) is 3.22. The van der Waals surface area contributed by atoms with E-state index in [1.54, 1.807) is 6.92 Å². The lowest BCUT2D eigenvalue weighted by Gasteiger charge is -2.32. The molecule has 0 aliphatic carbocycles. The molecule has 0 radical (unpaired) electrons. The zero-order valence-corrected chi connectivity index (χ0v) is 20.0. The van der Waals surface area contributed by atoms with E-state index in [4.69, 9.17) is 0 Å². The third kappa shape index (κ3) is 6.44. The smallest absolute Gasteiger partial charge is 0.271 e. The van der Waals surface area contributed by atoms with Crippen molar-refractivity contribution in [3.8, 4) is 0 Å². The Morgan fingerprint density at radius 1 is 1.24 bits per heavy atom. The zero-order valence-electron chi connectivity index (χ0n) is 19.2. The van der Waals surface area contributed by atoms with E-state index in [2.05, 4.69) is 17.1 Å². The molecule has 0 aromatic heterocycles. The van der Waals surface area contributed by atoms with E-state index in [-0.39, 0.29) is 17.9 Å². The molecule has 178 valence electrons. The number of aryl methyl sites for hydroxylation is 1. The average Bonchev–Trinajstić information content (AvgIpc) is 2.76. The van der Waals surface area contributed by atoms with Gasteiger partial charge in [0.25, 0.3) is 5.69 Å². The second-order valence-electron chi connectivity index (χ2n) is 8.63. The van der Waals surface area contributed by atoms with Crippen molar-refractivity contribution in [2.24, 2.45) is 5.92 Å². The summed E-state index contributed by atoms with van der Waals surface area (Å²) in [6.45, 7) is 5.75. The van der Waals surface area contributed by atoms with Gasteiger partial charge < -0.3 is 10.2 Å². The number of amides is 1. The fourth-order valence-electron chi connectivity index (χ4n) is 4.00. The Morgan fingerprint density at radius 2 is 1.94 bits per heavy atom. The van der Waals surface area contributed by atoms with Gasteiger partial charge in [0.15, 0.2) is 0 Å². The number of carbonyl (C=O) groups is 1. The molecule has 0 bridgehead atoms. The quantitative estimate of drug-likeness (QED) is 0.464. The van der Waals surface area contributed by atoms with Gasteiger partial charge in [-0.25, -0.2) is 8.42 Å². The summed E-state index contributed by atoms with van der Waals surface area (Å²) >= 11 is 0. The molecule has 1 aliphatic rings. The van der Waals surface area contributed by atoms with Crippen molar-refractivity contribution in [1.29, 1.82) is 0 Å². The van der Waals surface area contributed by atoms with Crippen molar-refractivity contribution in [2.45, 2.75) is 33.2 Å². The topological polar surface area (TPSA) is 113 Å². The van der Waals surface area contributed by atoms with Crippen LogP contribution in [0.25, 0.3) is 0 Å². The minimum absolute atomic E-state index is 0.113. The molecule has 0 spiro atoms. The summed E-state index contributed by atoms with van der Waals surface area (Å²) in [5, 5.41) is 13.9. The standard InChI is InChI=1S/C23H30N4O5S/c1-17-5-4-12-25(15-17)20-10-7-19(8-11-20)14-24-23(28)16-26(33(3,31)32)22-13-21(27(29)30)9-6-18(22)2/h6-11,13,17H,4-5,12,14-16H2,1-3H3,(H,24,28). The molecule has 33 heavy (non-hydrogen) atoms. The predicted molar refractivity (Wildman–Crippen MR) is 129 cm³/mol. The molecule has 1 N–H and O–H groups in total. The van der Waals surface area contributed by atoms with E-state index in [0.717, 1.165) is 34.9 Å². The van der Waals surface area contributed by atoms with Crippen LogP contribution >= 0.6 is 0 Å². The van der Waals surface area contributed by atoms with Gasteiger partial charge in [-0.3, -0.25) is 19.2 Å². The Morgan fingerprint density at radius 3 is 2.55 bits per heavy atom. The summed E-state index contributed by atoms with van der Waals surface area (Å²) in [7, 11) is -3.84. The number of hydrogen-bond acceptors (Lipinski definition) is 6. The van der Waals surface area contributed by atoms with Crippen LogP contribution in [0.5, 0.6) is 0 Å². The zero-order chi connectivity index (χ0) is 24.2. The van der Waals surface area contributed by atoms with Gasteiger partial charge in [-0.05, 0) is 48.9 Å². The molecule has 1 atom stereocenters. The van der Waals surface area contributed by atoms with Gasteiger partial charge in [0.05, 0.1) is 16.9 Å². The maximum Gasteiger partial charge on any atom is 0.271 e. The second-order valence-corrected chi connectivity index (χ2v) is 10.5. The number of nitrogens with one attached hydrogen (secondary N) is 1. The first kappa shape index (κ1) is 24.5. The van der Waals surface area contributed by atoms with Crippen molar-refractivity contribution in [1.82, 2.24) is 5.32 Å². The van der Waals surface area contributed by atoms with Crippen molar-refractivity contribution < 1.29 is 18.1 Å². The highest BCUT2D eigenvalue weighted by atomic mass is 32.2. The first-order valence-corrected chi connectivity index (χ1v) is 12.7. The van der Waals surface area contributed by atoms with Gasteiger partial charge in [-0.2, -0.15) is 0 Å². The molecule has 1 heterocycles. The number of benzene rings is 2. The summed E-state index contributed by atoms with van der Waals surface area (Å²) in [4.78, 5) is 25.4. The summed E-state index contributed by atoms with van der Waals surface area (Å²) < 4.78 is 25.6. The molecule has 1 unspecified atom stereocenters. The third-order valence-electron chi connectivity index (χ3n) is 5.81. The number of sulfonamides is 1. The van der Waals surface area contributed by atoms with E-state index in [9.17, 15) is 23.3 Å². The number of nitro benzene ring substituents is 1. The van der Waals surface area contributed by atoms with Crippen molar-refractivity contribution in [3.63, 3.8) is 0 Å². The second kappa shape index (κ2) is 10.2. The van der Waals surface area contributed by atoms with Crippen LogP contribution in [-0.2, 0) is 21.4 Å². The SMILES string of the molecule is Cc1ccc([N+](=O)[O-])cc1N(CC(=O)NCc1ccc(N2CCCC(C)C2)cc1)S(C)(=O)=O. The van der Waals surface area contributed by atoms with Crippen LogP contribution in [0.15, 0.2) is 42.5 Å². The summed E-state index contributed by atoms with van der Waals surface area (Å²) in [6.07, 6.45) is 3.40. The van der Waals surface area contributed by atoms with Gasteiger partial charge in [-0.15, -0.1) is 0 Å². The normalized spacial score (nSPS) is 16.3. The molecule has 1 amide bonds. The lowest BCUT2D eigenvalue weighted by atomic mass is 9.99. The summed E-state index contributed by atoms with van der Waals surface area (Å²) in [6, 6.07) is 11.9. The summed E-state index contributed by atoms with van der Waals surface area (Å²) in [5.74, 6) is 0.172. The van der Waals surface area contributed by atoms with Crippen LogP contribution < -0.4 is 14.5 Å². The number of rotatable bonds is 8. The molecule has 1 aliphatic heterocycles. The van der Waals surface area contributed by atoms with Crippen LogP contribution in [0.2, 0.25) is 0 Å². The third-order valence-corrected chi connectivity index (χ3v) is 6.93. The maximum absolute atomic E-state index is 12.6. The lowest BCUT2D eigenvalue weighted by Crippen LogP contribution is -2.40. The van der Waals surface area contributed by atoms with Crippen molar-refractivity contribution >= 4 is 33.0 Å². The molecule has 0 saturated carbocycles. The fraction of sp³-hybridized carbons (Fsp3) is 0.435. The molecule has 1 saturated heterocycles. The molecule has 1 fully saturated rings. The van der Waals surface area contributed by atoms with Crippen LogP contribution in [0.3, 0.4) is 0 Å². The molecule has 2 aromatic rings. The first-order valence-electron chi connectivity index (χ1n) is 10.9. The number of hydrogen-bond donors (Lipinski definition) is 1. The van der Waals surface area contributed by atoms with Crippen LogP contribution in [0.1, 0.15) is 30.9 Å². The highest BCUT2D eigenvalue weighted by Crippen LogP contribution is 2.27. The van der Waals surface area contributed by atoms with Gasteiger partial charge >= 0.3 is 0 Å². The molecule has 10 heteroatoms. The molecule has 2 aromatic carbocycles. The highest BCUT2D eigenvalue weighted by molar-refractivity contribution is 7.92. The van der Waals surface area contributed by atoms with Crippen molar-refractivity contribution in [2.75, 3.05) is 35.1 Å². The number of non-ortho nitro benzene ring substituents is 1. The van der Waals surface area contributed by atoms with Gasteiger partial charge in [0.2, 0.25) is 15.9 Å². The first-order chi connectivity index (χ1) is 15.5. The van der Waals surface area contributed by atoms with Crippen LogP contribution in [-0.4, -0.2) is 45.1 Å². The number of nitro groups is 1. The van der Waals surface area contributed by atoms with Gasteiger partial charge in [0, 0.05) is 37.5 Å². The highest BCUT2D eigenvalue weighted by Gasteiger charge is 2.24. The Labute approximate surface area is 194 Å². The van der Waals surface area contributed by atoms with E-state index >= 15 is 0 Å². The van der Waals surface area contributed by atoms with E-state index in [0.29, 0.717) is 11.5 Å². The average molecular weight is 475 g/mol. The molecule has 9 nitrogen and oxygen atoms in total. The summed E-state index contributed by atoms with van der Waals surface area (Å²) in [5.41, 5.74) is 2.44. The fourth-order valence-corrected chi connectivity index (χ4v) is 4.90. The number of carbonyl (C=O) groups excluding carboxylic acids is 1. The van der Waals surface area contributed by atoms with Crippen molar-refractivity contribution in [3.05, 3.63) is 63.7 Å². The number of nitrogens with zero attached hydrogens (tertiary/aromatic N) is 3. The monoisotopic (exact) mass is 474 g/mol. The Balaban J connectivity index is 1.66. The minimum atomic E-state index is -3.84. The van der Waals surface area contributed by atoms with E-state index in [1.165, 1.54) is 31.0 Å². The van der Waals surface area contributed by atoms with Gasteiger partial charge in [0.1, 0.15) is 6.54 Å². The Bertz CT molecular complexity index is 1120. The lowest BCUT2D eigenvalue weighted by molar-refractivity contribution is -0.384. The largest absolute Gasteiger partial charge is 0.371 e. The van der Waals surface area contributed by atoms with Crippen LogP contribution in [0.4, 0.5) is 17.1 Å². The van der Waals surface area contributed by atoms with Gasteiger partial charge in [-0.1, -0.05) is 25.1 Å². The minimum Gasteiger partial charge on any atom is -0.371 e. The molecule has 3 rings (SSSR count). The Kier molecular flexibility index (Phi) is 7.57.